The van der Waals surface area contributed by atoms with Gasteiger partial charge >= 0.3 is 0 Å². The summed E-state index contributed by atoms with van der Waals surface area (Å²) >= 11 is 1.49. The molecule has 10 heteroatoms. The van der Waals surface area contributed by atoms with Crippen LogP contribution in [0.4, 0.5) is 11.4 Å². The molecular weight excluding hydrogens is 418 g/mol. The first-order chi connectivity index (χ1) is 14.9. The van der Waals surface area contributed by atoms with Crippen molar-refractivity contribution in [2.75, 3.05) is 18.8 Å². The minimum absolute atomic E-state index is 0.0329. The lowest BCUT2D eigenvalue weighted by atomic mass is 9.85. The molecule has 0 spiro atoms. The molecule has 5 rings (SSSR count). The van der Waals surface area contributed by atoms with E-state index < -0.39 is 4.92 Å². The number of nitrogen functional groups attached to an aromatic ring is 1. The Morgan fingerprint density at radius 1 is 1.19 bits per heavy atom. The average Bonchev–Trinajstić information content (AvgIpc) is 3.28. The zero-order valence-electron chi connectivity index (χ0n) is 17.1. The highest BCUT2D eigenvalue weighted by Gasteiger charge is 2.56. The number of anilines is 1. The summed E-state index contributed by atoms with van der Waals surface area (Å²) in [7, 11) is 0. The van der Waals surface area contributed by atoms with Crippen LogP contribution >= 0.6 is 11.3 Å². The van der Waals surface area contributed by atoms with E-state index in [4.69, 9.17) is 5.73 Å². The molecule has 3 N–H and O–H groups in total. The first kappa shape index (κ1) is 21.2. The molecule has 1 unspecified atom stereocenters. The summed E-state index contributed by atoms with van der Waals surface area (Å²) in [5.41, 5.74) is 6.53. The number of nitrogens with one attached hydrogen (secondary N) is 1. The van der Waals surface area contributed by atoms with Crippen LogP contribution in [0.25, 0.3) is 10.4 Å². The molecule has 3 saturated heterocycles. The number of carbonyl (C=O) groups is 2. The smallest absolute Gasteiger partial charge is 0.272 e. The fourth-order valence-electron chi connectivity index (χ4n) is 4.39. The molecule has 9 nitrogen and oxygen atoms in total. The number of amides is 2. The zero-order chi connectivity index (χ0) is 22.0. The Bertz CT molecular complexity index is 1010. The van der Waals surface area contributed by atoms with Crippen molar-refractivity contribution in [2.24, 2.45) is 0 Å². The van der Waals surface area contributed by atoms with Gasteiger partial charge in [-0.2, -0.15) is 0 Å². The van der Waals surface area contributed by atoms with Crippen molar-refractivity contribution in [3.63, 3.8) is 0 Å². The number of benzene rings is 1. The maximum absolute atomic E-state index is 11.7. The number of nitro benzene ring substituents is 1. The second-order valence-electron chi connectivity index (χ2n) is 8.12. The summed E-state index contributed by atoms with van der Waals surface area (Å²) in [6, 6.07) is 4.55. The quantitative estimate of drug-likeness (QED) is 0.324. The highest BCUT2D eigenvalue weighted by Crippen LogP contribution is 2.51. The lowest BCUT2D eigenvalue weighted by Crippen LogP contribution is -2.57. The van der Waals surface area contributed by atoms with Crippen LogP contribution in [0, 0.1) is 10.1 Å². The van der Waals surface area contributed by atoms with Crippen LogP contribution in [-0.2, 0) is 15.1 Å². The molecule has 3 fully saturated rings. The van der Waals surface area contributed by atoms with Crippen molar-refractivity contribution >= 4 is 34.5 Å². The van der Waals surface area contributed by atoms with Crippen LogP contribution < -0.4 is 11.1 Å². The predicted molar refractivity (Wildman–Crippen MR) is 117 cm³/mol. The van der Waals surface area contributed by atoms with E-state index in [1.165, 1.54) is 29.9 Å². The molecule has 0 radical (unpaired) electrons. The van der Waals surface area contributed by atoms with Crippen LogP contribution in [-0.4, -0.2) is 39.7 Å². The number of β-lactam (4-membered cyclic amide) rings is 1. The van der Waals surface area contributed by atoms with E-state index in [1.807, 2.05) is 4.90 Å². The van der Waals surface area contributed by atoms with Gasteiger partial charge in [-0.05, 0) is 31.7 Å². The monoisotopic (exact) mass is 443 g/mol. The highest BCUT2D eigenvalue weighted by atomic mass is 32.1. The third-order valence-electron chi connectivity index (χ3n) is 5.98. The summed E-state index contributed by atoms with van der Waals surface area (Å²) in [6.07, 6.45) is 8.33. The molecule has 0 bridgehead atoms. The maximum atomic E-state index is 11.7. The Morgan fingerprint density at radius 3 is 2.81 bits per heavy atom. The molecule has 3 aliphatic heterocycles. The first-order valence-electron chi connectivity index (χ1n) is 10.5. The lowest BCUT2D eigenvalue weighted by Gasteiger charge is -2.45. The maximum Gasteiger partial charge on any atom is 0.272 e. The largest absolute Gasteiger partial charge is 0.399 e. The van der Waals surface area contributed by atoms with Crippen molar-refractivity contribution in [1.29, 1.82) is 0 Å². The fourth-order valence-corrected chi connectivity index (χ4v) is 5.52. The Kier molecular flexibility index (Phi) is 5.90. The normalized spacial score (nSPS) is 22.5. The Hall–Kier alpha value is -3.01. The number of nitrogens with two attached hydrogens (primary N) is 1. The molecule has 1 aromatic carbocycles. The van der Waals surface area contributed by atoms with Crippen LogP contribution in [0.15, 0.2) is 24.4 Å². The molecule has 1 aromatic heterocycles. The van der Waals surface area contributed by atoms with E-state index >= 15 is 0 Å². The summed E-state index contributed by atoms with van der Waals surface area (Å²) in [5, 5.41) is 14.7. The molecule has 4 heterocycles. The fraction of sp³-hybridized carbons (Fsp3) is 0.476. The third-order valence-corrected chi connectivity index (χ3v) is 7.22. The summed E-state index contributed by atoms with van der Waals surface area (Å²) in [4.78, 5) is 40.1. The van der Waals surface area contributed by atoms with E-state index in [2.05, 4.69) is 10.3 Å². The topological polar surface area (TPSA) is 131 Å². The number of rotatable bonds is 3. The van der Waals surface area contributed by atoms with Crippen molar-refractivity contribution in [3.8, 4) is 10.4 Å². The van der Waals surface area contributed by atoms with E-state index in [1.54, 1.807) is 12.3 Å². The number of nitrogens with zero attached hydrogens (tertiary/aromatic N) is 3. The van der Waals surface area contributed by atoms with Gasteiger partial charge in [0.05, 0.1) is 16.2 Å². The summed E-state index contributed by atoms with van der Waals surface area (Å²) in [5.74, 6) is 0.404. The molecule has 0 saturated carbocycles. The van der Waals surface area contributed by atoms with Crippen molar-refractivity contribution in [3.05, 3.63) is 39.5 Å². The standard InChI is InChI=1S/C15H14N4O3S.C6H11NO/c16-10-4-9(5-11(6-10)19(21)22)12-8-17-14(23-12)15-2-1-3-18(15)13(20)7-15;8-6-4-2-1-3-5-7-6/h4-6,8H,1-3,7,16H2;1-5H2,(H,7,8). The highest BCUT2D eigenvalue weighted by molar-refractivity contribution is 7.15. The van der Waals surface area contributed by atoms with Crippen molar-refractivity contribution < 1.29 is 14.5 Å². The van der Waals surface area contributed by atoms with Gasteiger partial charge in [0.1, 0.15) is 10.5 Å². The van der Waals surface area contributed by atoms with Gasteiger partial charge in [0, 0.05) is 49.1 Å². The first-order valence-corrected chi connectivity index (χ1v) is 11.3. The van der Waals surface area contributed by atoms with Gasteiger partial charge in [-0.25, -0.2) is 4.98 Å². The van der Waals surface area contributed by atoms with Crippen molar-refractivity contribution in [1.82, 2.24) is 15.2 Å². The van der Waals surface area contributed by atoms with Gasteiger partial charge in [-0.15, -0.1) is 11.3 Å². The number of hydrogen-bond donors (Lipinski definition) is 2. The van der Waals surface area contributed by atoms with Gasteiger partial charge < -0.3 is 16.0 Å². The average molecular weight is 444 g/mol. The number of nitro groups is 1. The van der Waals surface area contributed by atoms with Gasteiger partial charge in [0.15, 0.2) is 0 Å². The molecular formula is C21H25N5O4S. The van der Waals surface area contributed by atoms with Gasteiger partial charge in [-0.1, -0.05) is 6.42 Å². The number of thiazole rings is 1. The Morgan fingerprint density at radius 2 is 2.03 bits per heavy atom. The lowest BCUT2D eigenvalue weighted by molar-refractivity contribution is -0.384. The minimum atomic E-state index is -0.455. The molecule has 2 aromatic rings. The van der Waals surface area contributed by atoms with Gasteiger partial charge in [0.25, 0.3) is 5.69 Å². The number of carbonyl (C=O) groups excluding carboxylic acids is 2. The summed E-state index contributed by atoms with van der Waals surface area (Å²) < 4.78 is 0. The van der Waals surface area contributed by atoms with Crippen LogP contribution in [0.5, 0.6) is 0 Å². The Labute approximate surface area is 183 Å². The number of non-ortho nitro benzene ring substituents is 1. The predicted octanol–water partition coefficient (Wildman–Crippen LogP) is 3.20. The van der Waals surface area contributed by atoms with E-state index in [0.29, 0.717) is 17.7 Å². The number of fused-ring (bicyclic) bond motifs is 1. The Balaban J connectivity index is 0.000000245. The third kappa shape index (κ3) is 4.25. The zero-order valence-corrected chi connectivity index (χ0v) is 18.0. The molecule has 2 amide bonds. The molecule has 0 aliphatic carbocycles. The number of aromatic nitrogens is 1. The van der Waals surface area contributed by atoms with Crippen LogP contribution in [0.1, 0.15) is 50.0 Å². The summed E-state index contributed by atoms with van der Waals surface area (Å²) in [6.45, 7) is 1.68. The van der Waals surface area contributed by atoms with Gasteiger partial charge in [0.2, 0.25) is 11.8 Å². The number of hydrogen-bond acceptors (Lipinski definition) is 7. The molecule has 31 heavy (non-hydrogen) atoms. The van der Waals surface area contributed by atoms with E-state index in [-0.39, 0.29) is 23.0 Å². The molecule has 164 valence electrons. The van der Waals surface area contributed by atoms with Crippen LogP contribution in [0.2, 0.25) is 0 Å². The van der Waals surface area contributed by atoms with Gasteiger partial charge in [-0.3, -0.25) is 19.7 Å². The molecule has 3 aliphatic rings. The minimum Gasteiger partial charge on any atom is -0.399 e. The van der Waals surface area contributed by atoms with Crippen LogP contribution in [0.3, 0.4) is 0 Å². The van der Waals surface area contributed by atoms with E-state index in [9.17, 15) is 19.7 Å². The second kappa shape index (κ2) is 8.62. The van der Waals surface area contributed by atoms with Crippen molar-refractivity contribution in [2.45, 2.75) is 50.5 Å². The second-order valence-corrected chi connectivity index (χ2v) is 9.15. The molecule has 1 atom stereocenters. The van der Waals surface area contributed by atoms with E-state index in [0.717, 1.165) is 55.1 Å². The SMILES string of the molecule is Nc1cc(-c2cnc(C34CCCN3C(=O)C4)s2)cc([N+](=O)[O-])c1.O=C1CCCCCN1.